The number of hydrogen-bond donors (Lipinski definition) is 0. The second-order valence-electron chi connectivity index (χ2n) is 6.03. The van der Waals surface area contributed by atoms with Crippen molar-refractivity contribution in [3.05, 3.63) is 82.8 Å². The number of fused-ring (bicyclic) bond motifs is 1. The highest BCUT2D eigenvalue weighted by molar-refractivity contribution is 9.10. The molecule has 3 aromatic carbocycles. The van der Waals surface area contributed by atoms with Gasteiger partial charge in [0.1, 0.15) is 5.69 Å². The molecule has 0 unspecified atom stereocenters. The van der Waals surface area contributed by atoms with E-state index in [4.69, 9.17) is 0 Å². The van der Waals surface area contributed by atoms with Crippen molar-refractivity contribution >= 4 is 36.9 Å². The molecule has 1 aromatic heterocycles. The molecule has 0 fully saturated rings. The summed E-state index contributed by atoms with van der Waals surface area (Å²) in [6, 6.07) is 21.8. The minimum Gasteiger partial charge on any atom is -0.199 e. The second-order valence-corrected chi connectivity index (χ2v) is 8.72. The fourth-order valence-corrected chi connectivity index (χ4v) is 4.40. The molecule has 0 aliphatic heterocycles. The van der Waals surface area contributed by atoms with Crippen LogP contribution in [0.4, 0.5) is 0 Å². The molecule has 26 heavy (non-hydrogen) atoms. The summed E-state index contributed by atoms with van der Waals surface area (Å²) in [5.41, 5.74) is 3.07. The van der Waals surface area contributed by atoms with Crippen LogP contribution in [-0.4, -0.2) is 17.6 Å². The lowest BCUT2D eigenvalue weighted by atomic mass is 10.1. The van der Waals surface area contributed by atoms with Crippen molar-refractivity contribution in [2.45, 2.75) is 11.8 Å². The SMILES string of the molecule is Cc1ccc(S(=O)(=O)n2nc(-c3ccc(Br)cc3)c3ccccc32)cc1. The Kier molecular flexibility index (Phi) is 4.17. The maximum absolute atomic E-state index is 13.2. The smallest absolute Gasteiger partial charge is 0.199 e. The van der Waals surface area contributed by atoms with Crippen LogP contribution < -0.4 is 0 Å². The zero-order valence-corrected chi connectivity index (χ0v) is 16.3. The highest BCUT2D eigenvalue weighted by Crippen LogP contribution is 2.31. The van der Waals surface area contributed by atoms with Crippen molar-refractivity contribution in [1.82, 2.24) is 9.19 Å². The monoisotopic (exact) mass is 426 g/mol. The van der Waals surface area contributed by atoms with Gasteiger partial charge in [0, 0.05) is 15.4 Å². The van der Waals surface area contributed by atoms with Crippen LogP contribution in [0.25, 0.3) is 22.2 Å². The number of aryl methyl sites for hydroxylation is 1. The summed E-state index contributed by atoms with van der Waals surface area (Å²) >= 11 is 3.42. The van der Waals surface area contributed by atoms with E-state index in [0.717, 1.165) is 25.1 Å². The third-order valence-corrected chi connectivity index (χ3v) is 6.35. The lowest BCUT2D eigenvalue weighted by Crippen LogP contribution is -2.14. The molecule has 130 valence electrons. The molecule has 0 N–H and O–H groups in total. The third kappa shape index (κ3) is 2.85. The fourth-order valence-electron chi connectivity index (χ4n) is 2.85. The topological polar surface area (TPSA) is 52.0 Å². The summed E-state index contributed by atoms with van der Waals surface area (Å²) in [7, 11) is -3.78. The van der Waals surface area contributed by atoms with Gasteiger partial charge in [0.05, 0.1) is 10.4 Å². The Bertz CT molecular complexity index is 1200. The number of aromatic nitrogens is 2. The van der Waals surface area contributed by atoms with E-state index < -0.39 is 10.0 Å². The summed E-state index contributed by atoms with van der Waals surface area (Å²) < 4.78 is 28.4. The molecular formula is C20H15BrN2O2S. The van der Waals surface area contributed by atoms with Crippen molar-refractivity contribution in [3.63, 3.8) is 0 Å². The summed E-state index contributed by atoms with van der Waals surface area (Å²) in [5, 5.41) is 5.27. The van der Waals surface area contributed by atoms with Crippen LogP contribution in [0.2, 0.25) is 0 Å². The zero-order chi connectivity index (χ0) is 18.3. The number of nitrogens with zero attached hydrogens (tertiary/aromatic N) is 2. The van der Waals surface area contributed by atoms with Crippen molar-refractivity contribution in [2.24, 2.45) is 0 Å². The first-order chi connectivity index (χ1) is 12.5. The highest BCUT2D eigenvalue weighted by atomic mass is 79.9. The molecule has 0 atom stereocenters. The van der Waals surface area contributed by atoms with E-state index in [1.807, 2.05) is 49.4 Å². The van der Waals surface area contributed by atoms with Crippen molar-refractivity contribution in [1.29, 1.82) is 0 Å². The quantitative estimate of drug-likeness (QED) is 0.462. The molecule has 0 spiro atoms. The van der Waals surface area contributed by atoms with Crippen LogP contribution in [0.1, 0.15) is 5.56 Å². The first kappa shape index (κ1) is 17.0. The Hall–Kier alpha value is -2.44. The van der Waals surface area contributed by atoms with E-state index in [1.165, 1.54) is 0 Å². The van der Waals surface area contributed by atoms with Crippen LogP contribution in [0.5, 0.6) is 0 Å². The molecule has 0 saturated carbocycles. The van der Waals surface area contributed by atoms with Crippen LogP contribution in [-0.2, 0) is 10.0 Å². The van der Waals surface area contributed by atoms with Crippen LogP contribution >= 0.6 is 15.9 Å². The Balaban J connectivity index is 1.96. The van der Waals surface area contributed by atoms with Crippen LogP contribution in [0, 0.1) is 6.92 Å². The Morgan fingerprint density at radius 3 is 2.23 bits per heavy atom. The molecule has 0 aliphatic carbocycles. The van der Waals surface area contributed by atoms with E-state index in [-0.39, 0.29) is 4.90 Å². The average Bonchev–Trinajstić information content (AvgIpc) is 3.03. The second kappa shape index (κ2) is 6.37. The average molecular weight is 427 g/mol. The molecule has 1 heterocycles. The highest BCUT2D eigenvalue weighted by Gasteiger charge is 2.23. The Morgan fingerprint density at radius 1 is 0.885 bits per heavy atom. The number of benzene rings is 3. The summed E-state index contributed by atoms with van der Waals surface area (Å²) in [6.45, 7) is 1.92. The van der Waals surface area contributed by atoms with E-state index >= 15 is 0 Å². The molecule has 6 heteroatoms. The first-order valence-corrected chi connectivity index (χ1v) is 10.3. The first-order valence-electron chi connectivity index (χ1n) is 8.03. The van der Waals surface area contributed by atoms with Gasteiger partial charge in [0.15, 0.2) is 0 Å². The Morgan fingerprint density at radius 2 is 1.54 bits per heavy atom. The number of hydrogen-bond acceptors (Lipinski definition) is 3. The Labute approximate surface area is 160 Å². The van der Waals surface area contributed by atoms with Gasteiger partial charge in [-0.3, -0.25) is 0 Å². The van der Waals surface area contributed by atoms with Gasteiger partial charge in [0.25, 0.3) is 10.0 Å². The third-order valence-electron chi connectivity index (χ3n) is 4.22. The van der Waals surface area contributed by atoms with Gasteiger partial charge in [-0.15, -0.1) is 0 Å². The van der Waals surface area contributed by atoms with Gasteiger partial charge in [-0.2, -0.15) is 17.6 Å². The molecule has 0 bridgehead atoms. The fraction of sp³-hybridized carbons (Fsp3) is 0.0500. The lowest BCUT2D eigenvalue weighted by Gasteiger charge is -2.06. The van der Waals surface area contributed by atoms with E-state index in [1.54, 1.807) is 30.3 Å². The summed E-state index contributed by atoms with van der Waals surface area (Å²) in [5.74, 6) is 0. The molecule has 0 aliphatic rings. The van der Waals surface area contributed by atoms with Crippen LogP contribution in [0.15, 0.2) is 82.2 Å². The molecule has 0 saturated heterocycles. The van der Waals surface area contributed by atoms with Crippen molar-refractivity contribution in [3.8, 4) is 11.3 Å². The standard InChI is InChI=1S/C20H15BrN2O2S/c1-14-6-12-17(13-7-14)26(24,25)23-19-5-3-2-4-18(19)20(22-23)15-8-10-16(21)11-9-15/h2-13H,1H3. The molecule has 4 rings (SSSR count). The van der Waals surface area contributed by atoms with Crippen molar-refractivity contribution < 1.29 is 8.42 Å². The van der Waals surface area contributed by atoms with Crippen molar-refractivity contribution in [2.75, 3.05) is 0 Å². The van der Waals surface area contributed by atoms with E-state index in [9.17, 15) is 8.42 Å². The van der Waals surface area contributed by atoms with Crippen LogP contribution in [0.3, 0.4) is 0 Å². The van der Waals surface area contributed by atoms with E-state index in [0.29, 0.717) is 11.2 Å². The predicted octanol–water partition coefficient (Wildman–Crippen LogP) is 5.01. The molecule has 4 aromatic rings. The zero-order valence-electron chi connectivity index (χ0n) is 13.9. The van der Waals surface area contributed by atoms with Gasteiger partial charge in [-0.25, -0.2) is 0 Å². The van der Waals surface area contributed by atoms with Gasteiger partial charge < -0.3 is 0 Å². The van der Waals surface area contributed by atoms with Gasteiger partial charge in [-0.05, 0) is 37.3 Å². The minimum absolute atomic E-state index is 0.221. The number of halogens is 1. The summed E-state index contributed by atoms with van der Waals surface area (Å²) in [6.07, 6.45) is 0. The maximum atomic E-state index is 13.2. The lowest BCUT2D eigenvalue weighted by molar-refractivity contribution is 0.582. The number of rotatable bonds is 3. The van der Waals surface area contributed by atoms with E-state index in [2.05, 4.69) is 21.0 Å². The van der Waals surface area contributed by atoms with Gasteiger partial charge >= 0.3 is 0 Å². The van der Waals surface area contributed by atoms with Gasteiger partial charge in [0.2, 0.25) is 0 Å². The predicted molar refractivity (Wildman–Crippen MR) is 107 cm³/mol. The molecule has 0 radical (unpaired) electrons. The summed E-state index contributed by atoms with van der Waals surface area (Å²) in [4.78, 5) is 0.221. The molecular weight excluding hydrogens is 412 g/mol. The van der Waals surface area contributed by atoms with Gasteiger partial charge in [-0.1, -0.05) is 64.0 Å². The number of para-hydroxylation sites is 1. The molecule has 0 amide bonds. The minimum atomic E-state index is -3.78. The molecule has 4 nitrogen and oxygen atoms in total. The maximum Gasteiger partial charge on any atom is 0.283 e. The largest absolute Gasteiger partial charge is 0.283 e. The normalized spacial score (nSPS) is 11.8.